The zero-order valence-corrected chi connectivity index (χ0v) is 13.1. The second-order valence-electron chi connectivity index (χ2n) is 5.28. The van der Waals surface area contributed by atoms with Gasteiger partial charge in [-0.2, -0.15) is 5.10 Å². The maximum Gasteiger partial charge on any atom is 0.123 e. The third kappa shape index (κ3) is 3.61. The van der Waals surface area contributed by atoms with Crippen molar-refractivity contribution in [2.45, 2.75) is 20.4 Å². The van der Waals surface area contributed by atoms with Crippen LogP contribution in [0.15, 0.2) is 36.9 Å². The van der Waals surface area contributed by atoms with Gasteiger partial charge in [0.05, 0.1) is 18.0 Å². The molecule has 0 unspecified atom stereocenters. The van der Waals surface area contributed by atoms with Crippen molar-refractivity contribution in [1.82, 2.24) is 14.7 Å². The van der Waals surface area contributed by atoms with Crippen LogP contribution < -0.4 is 0 Å². The van der Waals surface area contributed by atoms with Crippen LogP contribution in [0.25, 0.3) is 5.69 Å². The number of nitrogens with zero attached hydrogens (tertiary/aromatic N) is 3. The molecule has 0 aliphatic carbocycles. The van der Waals surface area contributed by atoms with E-state index in [0.717, 1.165) is 22.6 Å². The van der Waals surface area contributed by atoms with E-state index in [-0.39, 0.29) is 12.4 Å². The molecule has 0 aliphatic rings. The van der Waals surface area contributed by atoms with Crippen LogP contribution in [0.2, 0.25) is 0 Å². The molecule has 0 saturated heterocycles. The van der Waals surface area contributed by atoms with E-state index < -0.39 is 0 Å². The van der Waals surface area contributed by atoms with E-state index in [1.165, 1.54) is 12.1 Å². The molecule has 0 aliphatic heterocycles. The Bertz CT molecular complexity index is 634. The van der Waals surface area contributed by atoms with Gasteiger partial charge in [0.25, 0.3) is 0 Å². The molecule has 0 bridgehead atoms. The fourth-order valence-corrected chi connectivity index (χ4v) is 2.52. The van der Waals surface area contributed by atoms with Crippen molar-refractivity contribution in [3.8, 4) is 5.69 Å². The zero-order chi connectivity index (χ0) is 16.1. The number of aliphatic hydroxyl groups excluding tert-OH is 1. The molecule has 1 aromatic heterocycles. The standard InChI is InChI=1S/C17H22FN3O/c1-4-9-20(10-11-22)12-17-13(2)19-21(14(17)3)16-7-5-15(18)6-8-16/h4-8,22H,1,9-12H2,2-3H3. The summed E-state index contributed by atoms with van der Waals surface area (Å²) in [6, 6.07) is 6.30. The van der Waals surface area contributed by atoms with E-state index in [9.17, 15) is 4.39 Å². The lowest BCUT2D eigenvalue weighted by Gasteiger charge is -2.19. The monoisotopic (exact) mass is 303 g/mol. The maximum absolute atomic E-state index is 13.1. The van der Waals surface area contributed by atoms with Gasteiger partial charge in [-0.1, -0.05) is 6.08 Å². The van der Waals surface area contributed by atoms with Crippen molar-refractivity contribution in [3.05, 3.63) is 59.7 Å². The van der Waals surface area contributed by atoms with Gasteiger partial charge in [-0.3, -0.25) is 4.90 Å². The van der Waals surface area contributed by atoms with Crippen LogP contribution in [0.3, 0.4) is 0 Å². The van der Waals surface area contributed by atoms with Crippen molar-refractivity contribution >= 4 is 0 Å². The Morgan fingerprint density at radius 2 is 2.00 bits per heavy atom. The van der Waals surface area contributed by atoms with Gasteiger partial charge in [0.2, 0.25) is 0 Å². The molecule has 4 nitrogen and oxygen atoms in total. The quantitative estimate of drug-likeness (QED) is 0.799. The number of hydrogen-bond acceptors (Lipinski definition) is 3. The van der Waals surface area contributed by atoms with Gasteiger partial charge in [-0.05, 0) is 38.1 Å². The molecule has 0 spiro atoms. The van der Waals surface area contributed by atoms with E-state index in [0.29, 0.717) is 19.6 Å². The lowest BCUT2D eigenvalue weighted by Crippen LogP contribution is -2.27. The zero-order valence-electron chi connectivity index (χ0n) is 13.1. The topological polar surface area (TPSA) is 41.3 Å². The number of benzene rings is 1. The normalized spacial score (nSPS) is 11.1. The molecule has 1 heterocycles. The second-order valence-corrected chi connectivity index (χ2v) is 5.28. The molecule has 1 aromatic carbocycles. The highest BCUT2D eigenvalue weighted by molar-refractivity contribution is 5.37. The summed E-state index contributed by atoms with van der Waals surface area (Å²) < 4.78 is 14.9. The van der Waals surface area contributed by atoms with Gasteiger partial charge < -0.3 is 5.11 Å². The van der Waals surface area contributed by atoms with Crippen molar-refractivity contribution in [1.29, 1.82) is 0 Å². The van der Waals surface area contributed by atoms with Crippen LogP contribution in [-0.2, 0) is 6.54 Å². The summed E-state index contributed by atoms with van der Waals surface area (Å²) in [6.07, 6.45) is 1.82. The number of hydrogen-bond donors (Lipinski definition) is 1. The smallest absolute Gasteiger partial charge is 0.123 e. The average Bonchev–Trinajstić information content (AvgIpc) is 2.77. The van der Waals surface area contributed by atoms with E-state index in [1.54, 1.807) is 12.1 Å². The molecule has 0 radical (unpaired) electrons. The average molecular weight is 303 g/mol. The Kier molecular flexibility index (Phi) is 5.46. The van der Waals surface area contributed by atoms with Crippen LogP contribution in [-0.4, -0.2) is 39.5 Å². The lowest BCUT2D eigenvalue weighted by atomic mass is 10.2. The number of rotatable bonds is 7. The molecule has 2 aromatic rings. The molecule has 0 amide bonds. The molecule has 118 valence electrons. The van der Waals surface area contributed by atoms with Crippen molar-refractivity contribution in [3.63, 3.8) is 0 Å². The van der Waals surface area contributed by atoms with Crippen molar-refractivity contribution < 1.29 is 9.50 Å². The van der Waals surface area contributed by atoms with Gasteiger partial charge in [0, 0.05) is 30.9 Å². The Labute approximate surface area is 130 Å². The lowest BCUT2D eigenvalue weighted by molar-refractivity contribution is 0.203. The Hall–Kier alpha value is -1.98. The van der Waals surface area contributed by atoms with Crippen LogP contribution in [0.5, 0.6) is 0 Å². The van der Waals surface area contributed by atoms with Crippen LogP contribution in [0, 0.1) is 19.7 Å². The Balaban J connectivity index is 2.30. The predicted octanol–water partition coefficient (Wildman–Crippen LogP) is 2.61. The summed E-state index contributed by atoms with van der Waals surface area (Å²) in [5.41, 5.74) is 3.93. The van der Waals surface area contributed by atoms with Gasteiger partial charge in [-0.15, -0.1) is 6.58 Å². The van der Waals surface area contributed by atoms with Gasteiger partial charge in [-0.25, -0.2) is 9.07 Å². The van der Waals surface area contributed by atoms with E-state index in [2.05, 4.69) is 16.6 Å². The van der Waals surface area contributed by atoms with Gasteiger partial charge >= 0.3 is 0 Å². The first-order chi connectivity index (χ1) is 10.6. The van der Waals surface area contributed by atoms with Gasteiger partial charge in [0.1, 0.15) is 5.82 Å². The fraction of sp³-hybridized carbons (Fsp3) is 0.353. The molecular weight excluding hydrogens is 281 g/mol. The summed E-state index contributed by atoms with van der Waals surface area (Å²) >= 11 is 0. The molecule has 0 fully saturated rings. The predicted molar refractivity (Wildman–Crippen MR) is 85.6 cm³/mol. The van der Waals surface area contributed by atoms with Crippen molar-refractivity contribution in [2.24, 2.45) is 0 Å². The third-order valence-electron chi connectivity index (χ3n) is 3.70. The number of halogens is 1. The summed E-state index contributed by atoms with van der Waals surface area (Å²) in [5.74, 6) is -0.259. The van der Waals surface area contributed by atoms with Gasteiger partial charge in [0.15, 0.2) is 0 Å². The largest absolute Gasteiger partial charge is 0.395 e. The Morgan fingerprint density at radius 1 is 1.32 bits per heavy atom. The van der Waals surface area contributed by atoms with E-state index in [1.807, 2.05) is 24.6 Å². The molecule has 2 rings (SSSR count). The van der Waals surface area contributed by atoms with Crippen molar-refractivity contribution in [2.75, 3.05) is 19.7 Å². The highest BCUT2D eigenvalue weighted by Crippen LogP contribution is 2.19. The third-order valence-corrected chi connectivity index (χ3v) is 3.70. The first-order valence-corrected chi connectivity index (χ1v) is 7.32. The van der Waals surface area contributed by atoms with Crippen LogP contribution >= 0.6 is 0 Å². The highest BCUT2D eigenvalue weighted by atomic mass is 19.1. The molecule has 5 heteroatoms. The molecule has 0 saturated carbocycles. The first kappa shape index (κ1) is 16.4. The minimum atomic E-state index is -0.259. The molecule has 22 heavy (non-hydrogen) atoms. The summed E-state index contributed by atoms with van der Waals surface area (Å²) in [6.45, 7) is 9.83. The summed E-state index contributed by atoms with van der Waals surface area (Å²) in [4.78, 5) is 2.11. The Morgan fingerprint density at radius 3 is 2.59 bits per heavy atom. The highest BCUT2D eigenvalue weighted by Gasteiger charge is 2.15. The SMILES string of the molecule is C=CCN(CCO)Cc1c(C)nn(-c2ccc(F)cc2)c1C. The van der Waals surface area contributed by atoms with E-state index in [4.69, 9.17) is 5.11 Å². The number of aliphatic hydroxyl groups is 1. The summed E-state index contributed by atoms with van der Waals surface area (Å²) in [5, 5.41) is 13.7. The molecule has 0 atom stereocenters. The van der Waals surface area contributed by atoms with E-state index >= 15 is 0 Å². The number of aryl methyl sites for hydroxylation is 1. The summed E-state index contributed by atoms with van der Waals surface area (Å²) in [7, 11) is 0. The minimum absolute atomic E-state index is 0.109. The minimum Gasteiger partial charge on any atom is -0.395 e. The molecular formula is C17H22FN3O. The molecule has 1 N–H and O–H groups in total. The fourth-order valence-electron chi connectivity index (χ4n) is 2.52. The maximum atomic E-state index is 13.1. The van der Waals surface area contributed by atoms with Crippen LogP contribution in [0.1, 0.15) is 17.0 Å². The number of aromatic nitrogens is 2. The first-order valence-electron chi connectivity index (χ1n) is 7.32. The second kappa shape index (κ2) is 7.33. The van der Waals surface area contributed by atoms with Crippen LogP contribution in [0.4, 0.5) is 4.39 Å².